The van der Waals surface area contributed by atoms with Crippen LogP contribution in [0.25, 0.3) is 0 Å². The molecule has 1 aromatic heterocycles. The van der Waals surface area contributed by atoms with Gasteiger partial charge in [-0.1, -0.05) is 12.1 Å². The van der Waals surface area contributed by atoms with Crippen molar-refractivity contribution in [3.05, 3.63) is 53.6 Å². The zero-order valence-electron chi connectivity index (χ0n) is 15.5. The Morgan fingerprint density at radius 3 is 2.67 bits per heavy atom. The summed E-state index contributed by atoms with van der Waals surface area (Å²) in [4.78, 5) is 15.4. The van der Waals surface area contributed by atoms with Gasteiger partial charge in [-0.15, -0.1) is 12.4 Å². The predicted molar refractivity (Wildman–Crippen MR) is 104 cm³/mol. The van der Waals surface area contributed by atoms with Crippen LogP contribution in [0.2, 0.25) is 0 Å². The van der Waals surface area contributed by atoms with Crippen molar-refractivity contribution in [1.29, 1.82) is 0 Å². The predicted octanol–water partition coefficient (Wildman–Crippen LogP) is 2.52. The first kappa shape index (κ1) is 19.8. The average Bonchev–Trinajstić information content (AvgIpc) is 3.18. The van der Waals surface area contributed by atoms with Gasteiger partial charge in [0.2, 0.25) is 5.91 Å². The van der Waals surface area contributed by atoms with Crippen LogP contribution in [0.15, 0.2) is 36.7 Å². The Labute approximate surface area is 165 Å². The number of hydrogen-bond acceptors (Lipinski definition) is 3. The molecule has 1 saturated carbocycles. The SMILES string of the molecule is Cl.Cn1cc([C@H]2CNC[C@@H]2C(=O)N(CCc2ccc(F)cc2)C2CC2)cn1. The van der Waals surface area contributed by atoms with Crippen LogP contribution >= 0.6 is 12.4 Å². The molecule has 0 bridgehead atoms. The molecule has 146 valence electrons. The lowest BCUT2D eigenvalue weighted by molar-refractivity contribution is -0.136. The van der Waals surface area contributed by atoms with Gasteiger partial charge in [0, 0.05) is 44.8 Å². The van der Waals surface area contributed by atoms with Gasteiger partial charge in [-0.2, -0.15) is 5.10 Å². The van der Waals surface area contributed by atoms with Gasteiger partial charge in [0.15, 0.2) is 0 Å². The standard InChI is InChI=1S/C20H25FN4O.ClH/c1-24-13-15(10-23-24)18-11-22-12-19(18)20(26)25(17-6-7-17)9-8-14-2-4-16(21)5-3-14;/h2-5,10,13,17-19,22H,6-9,11-12H2,1H3;1H/t18-,19+;/m1./s1. The van der Waals surface area contributed by atoms with E-state index in [-0.39, 0.29) is 36.0 Å². The molecule has 2 fully saturated rings. The third-order valence-electron chi connectivity index (χ3n) is 5.51. The minimum Gasteiger partial charge on any atom is -0.339 e. The van der Waals surface area contributed by atoms with E-state index in [1.165, 1.54) is 12.1 Å². The Bertz CT molecular complexity index is 775. The molecule has 0 unspecified atom stereocenters. The number of carbonyl (C=O) groups is 1. The maximum Gasteiger partial charge on any atom is 0.227 e. The highest BCUT2D eigenvalue weighted by Crippen LogP contribution is 2.34. The molecule has 1 amide bonds. The van der Waals surface area contributed by atoms with Gasteiger partial charge in [-0.05, 0) is 42.5 Å². The number of halogens is 2. The molecule has 7 heteroatoms. The van der Waals surface area contributed by atoms with Crippen molar-refractivity contribution in [2.24, 2.45) is 13.0 Å². The van der Waals surface area contributed by atoms with Crippen LogP contribution in [-0.4, -0.2) is 46.3 Å². The lowest BCUT2D eigenvalue weighted by Crippen LogP contribution is -2.41. The molecule has 1 N–H and O–H groups in total. The van der Waals surface area contributed by atoms with E-state index < -0.39 is 0 Å². The zero-order valence-corrected chi connectivity index (χ0v) is 16.3. The number of carbonyl (C=O) groups excluding carboxylic acids is 1. The number of rotatable bonds is 6. The monoisotopic (exact) mass is 392 g/mol. The Morgan fingerprint density at radius 2 is 2.04 bits per heavy atom. The van der Waals surface area contributed by atoms with Crippen LogP contribution in [-0.2, 0) is 18.3 Å². The van der Waals surface area contributed by atoms with Gasteiger partial charge >= 0.3 is 0 Å². The molecule has 0 spiro atoms. The third-order valence-corrected chi connectivity index (χ3v) is 5.51. The van der Waals surface area contributed by atoms with Gasteiger partial charge in [-0.25, -0.2) is 4.39 Å². The molecular weight excluding hydrogens is 367 g/mol. The fourth-order valence-corrected chi connectivity index (χ4v) is 3.89. The minimum absolute atomic E-state index is 0. The second-order valence-electron chi connectivity index (χ2n) is 7.46. The molecule has 1 aromatic carbocycles. The second kappa shape index (κ2) is 8.40. The summed E-state index contributed by atoms with van der Waals surface area (Å²) in [6.45, 7) is 2.24. The first-order chi connectivity index (χ1) is 12.6. The molecule has 0 radical (unpaired) electrons. The number of benzene rings is 1. The van der Waals surface area contributed by atoms with E-state index in [2.05, 4.69) is 15.3 Å². The van der Waals surface area contributed by atoms with E-state index in [4.69, 9.17) is 0 Å². The van der Waals surface area contributed by atoms with Crippen molar-refractivity contribution in [2.75, 3.05) is 19.6 Å². The molecule has 2 aliphatic rings. The molecule has 2 heterocycles. The first-order valence-corrected chi connectivity index (χ1v) is 9.36. The van der Waals surface area contributed by atoms with E-state index >= 15 is 0 Å². The quantitative estimate of drug-likeness (QED) is 0.821. The highest BCUT2D eigenvalue weighted by molar-refractivity contribution is 5.85. The Balaban J connectivity index is 0.00000210. The topological polar surface area (TPSA) is 50.2 Å². The van der Waals surface area contributed by atoms with E-state index in [0.29, 0.717) is 12.6 Å². The molecule has 27 heavy (non-hydrogen) atoms. The van der Waals surface area contributed by atoms with Crippen molar-refractivity contribution >= 4 is 18.3 Å². The fraction of sp³-hybridized carbons (Fsp3) is 0.500. The Morgan fingerprint density at radius 1 is 1.30 bits per heavy atom. The summed E-state index contributed by atoms with van der Waals surface area (Å²) >= 11 is 0. The summed E-state index contributed by atoms with van der Waals surface area (Å²) in [6, 6.07) is 6.95. The second-order valence-corrected chi connectivity index (χ2v) is 7.46. The molecular formula is C20H26ClFN4O. The smallest absolute Gasteiger partial charge is 0.227 e. The van der Waals surface area contributed by atoms with Crippen molar-refractivity contribution in [2.45, 2.75) is 31.2 Å². The van der Waals surface area contributed by atoms with Gasteiger partial charge in [-0.3, -0.25) is 9.48 Å². The summed E-state index contributed by atoms with van der Waals surface area (Å²) in [5.41, 5.74) is 2.20. The number of nitrogens with one attached hydrogen (secondary N) is 1. The lowest BCUT2D eigenvalue weighted by atomic mass is 9.89. The van der Waals surface area contributed by atoms with Crippen LogP contribution < -0.4 is 5.32 Å². The lowest BCUT2D eigenvalue weighted by Gasteiger charge is -2.28. The summed E-state index contributed by atoms with van der Waals surface area (Å²) in [5, 5.41) is 7.64. The van der Waals surface area contributed by atoms with Gasteiger partial charge in [0.05, 0.1) is 12.1 Å². The van der Waals surface area contributed by atoms with Crippen molar-refractivity contribution in [3.8, 4) is 0 Å². The molecule has 1 aliphatic heterocycles. The van der Waals surface area contributed by atoms with Crippen molar-refractivity contribution < 1.29 is 9.18 Å². The summed E-state index contributed by atoms with van der Waals surface area (Å²) < 4.78 is 14.9. The van der Waals surface area contributed by atoms with Crippen LogP contribution in [0.3, 0.4) is 0 Å². The normalized spacial score (nSPS) is 21.7. The largest absolute Gasteiger partial charge is 0.339 e. The average molecular weight is 393 g/mol. The number of hydrogen-bond donors (Lipinski definition) is 1. The third kappa shape index (κ3) is 4.50. The molecule has 4 rings (SSSR count). The maximum atomic E-state index is 13.3. The van der Waals surface area contributed by atoms with E-state index in [0.717, 1.165) is 43.5 Å². The molecule has 1 aliphatic carbocycles. The maximum absolute atomic E-state index is 13.3. The Hall–Kier alpha value is -1.92. The highest BCUT2D eigenvalue weighted by atomic mass is 35.5. The van der Waals surface area contributed by atoms with Crippen molar-refractivity contribution in [1.82, 2.24) is 20.0 Å². The van der Waals surface area contributed by atoms with Gasteiger partial charge in [0.25, 0.3) is 0 Å². The van der Waals surface area contributed by atoms with Gasteiger partial charge in [0.1, 0.15) is 5.82 Å². The number of nitrogens with zero attached hydrogens (tertiary/aromatic N) is 3. The number of amides is 1. The Kier molecular flexibility index (Phi) is 6.17. The van der Waals surface area contributed by atoms with Crippen LogP contribution in [0.5, 0.6) is 0 Å². The van der Waals surface area contributed by atoms with E-state index in [1.54, 1.807) is 16.8 Å². The summed E-state index contributed by atoms with van der Waals surface area (Å²) in [7, 11) is 1.90. The number of aryl methyl sites for hydroxylation is 1. The molecule has 2 atom stereocenters. The van der Waals surface area contributed by atoms with E-state index in [1.807, 2.05) is 19.4 Å². The van der Waals surface area contributed by atoms with Crippen LogP contribution in [0.4, 0.5) is 4.39 Å². The fourth-order valence-electron chi connectivity index (χ4n) is 3.89. The summed E-state index contributed by atoms with van der Waals surface area (Å²) in [6.07, 6.45) is 6.83. The summed E-state index contributed by atoms with van der Waals surface area (Å²) in [5.74, 6) is 0.171. The van der Waals surface area contributed by atoms with Gasteiger partial charge < -0.3 is 10.2 Å². The zero-order chi connectivity index (χ0) is 18.1. The molecule has 1 saturated heterocycles. The highest BCUT2D eigenvalue weighted by Gasteiger charge is 2.41. The van der Waals surface area contributed by atoms with E-state index in [9.17, 15) is 9.18 Å². The van der Waals surface area contributed by atoms with Crippen LogP contribution in [0, 0.1) is 11.7 Å². The molecule has 5 nitrogen and oxygen atoms in total. The minimum atomic E-state index is -0.222. The van der Waals surface area contributed by atoms with Crippen molar-refractivity contribution in [3.63, 3.8) is 0 Å². The first-order valence-electron chi connectivity index (χ1n) is 9.36. The van der Waals surface area contributed by atoms with Crippen LogP contribution in [0.1, 0.15) is 29.9 Å². The molecule has 2 aromatic rings. The number of aromatic nitrogens is 2.